The molecule has 1 rings (SSSR count). The van der Waals surface area contributed by atoms with E-state index in [-0.39, 0.29) is 28.0 Å². The SMILES string of the molecule is CC(CN(C)C)NC(=O)c1cc([N+](=O)[O-])cc(Cl)c1N. The van der Waals surface area contributed by atoms with Crippen LogP contribution in [0.4, 0.5) is 11.4 Å². The topological polar surface area (TPSA) is 102 Å². The maximum atomic E-state index is 12.1. The number of anilines is 1. The van der Waals surface area contributed by atoms with Gasteiger partial charge in [-0.2, -0.15) is 0 Å². The lowest BCUT2D eigenvalue weighted by Crippen LogP contribution is -2.39. The molecule has 1 aromatic rings. The van der Waals surface area contributed by atoms with Gasteiger partial charge in [-0.05, 0) is 21.0 Å². The monoisotopic (exact) mass is 300 g/mol. The van der Waals surface area contributed by atoms with E-state index in [1.54, 1.807) is 0 Å². The van der Waals surface area contributed by atoms with Crippen molar-refractivity contribution < 1.29 is 9.72 Å². The van der Waals surface area contributed by atoms with E-state index < -0.39 is 10.8 Å². The molecule has 0 spiro atoms. The molecule has 1 unspecified atom stereocenters. The van der Waals surface area contributed by atoms with Gasteiger partial charge in [-0.1, -0.05) is 11.6 Å². The van der Waals surface area contributed by atoms with E-state index in [0.717, 1.165) is 12.1 Å². The number of nitrogens with two attached hydrogens (primary N) is 1. The molecular formula is C12H17ClN4O3. The van der Waals surface area contributed by atoms with Crippen molar-refractivity contribution >= 4 is 28.9 Å². The number of benzene rings is 1. The summed E-state index contributed by atoms with van der Waals surface area (Å²) in [5.74, 6) is -0.484. The third kappa shape index (κ3) is 4.07. The number of nitrogen functional groups attached to an aromatic ring is 1. The van der Waals surface area contributed by atoms with Crippen LogP contribution in [0.5, 0.6) is 0 Å². The van der Waals surface area contributed by atoms with Gasteiger partial charge in [0, 0.05) is 24.7 Å². The van der Waals surface area contributed by atoms with Crippen molar-refractivity contribution in [2.24, 2.45) is 0 Å². The van der Waals surface area contributed by atoms with Crippen LogP contribution in [0, 0.1) is 10.1 Å². The molecule has 0 aromatic heterocycles. The zero-order chi connectivity index (χ0) is 15.4. The Labute approximate surface area is 121 Å². The highest BCUT2D eigenvalue weighted by Crippen LogP contribution is 2.28. The van der Waals surface area contributed by atoms with E-state index in [4.69, 9.17) is 17.3 Å². The van der Waals surface area contributed by atoms with E-state index in [9.17, 15) is 14.9 Å². The summed E-state index contributed by atoms with van der Waals surface area (Å²) in [5.41, 5.74) is 5.48. The zero-order valence-corrected chi connectivity index (χ0v) is 12.3. The standard InChI is InChI=1S/C12H17ClN4O3/c1-7(6-16(2)3)15-12(18)9-4-8(17(19)20)5-10(13)11(9)14/h4-5,7H,6,14H2,1-3H3,(H,15,18). The summed E-state index contributed by atoms with van der Waals surface area (Å²) >= 11 is 5.81. The molecule has 0 aliphatic rings. The van der Waals surface area contributed by atoms with Crippen LogP contribution in [0.15, 0.2) is 12.1 Å². The fraction of sp³-hybridized carbons (Fsp3) is 0.417. The number of nitrogens with one attached hydrogen (secondary N) is 1. The molecule has 0 saturated carbocycles. The van der Waals surface area contributed by atoms with Gasteiger partial charge in [-0.25, -0.2) is 0 Å². The van der Waals surface area contributed by atoms with Crippen LogP contribution >= 0.6 is 11.6 Å². The molecule has 0 aliphatic heterocycles. The lowest BCUT2D eigenvalue weighted by atomic mass is 10.1. The minimum absolute atomic E-state index is 0.00908. The number of halogens is 1. The van der Waals surface area contributed by atoms with Gasteiger partial charge in [0.05, 0.1) is 21.2 Å². The Morgan fingerprint density at radius 2 is 2.15 bits per heavy atom. The number of carbonyl (C=O) groups is 1. The van der Waals surface area contributed by atoms with Crippen LogP contribution in [0.2, 0.25) is 5.02 Å². The second kappa shape index (κ2) is 6.53. The van der Waals surface area contributed by atoms with Crippen LogP contribution in [0.1, 0.15) is 17.3 Å². The minimum atomic E-state index is -0.620. The zero-order valence-electron chi connectivity index (χ0n) is 11.5. The first kappa shape index (κ1) is 16.2. The van der Waals surface area contributed by atoms with E-state index >= 15 is 0 Å². The first-order valence-corrected chi connectivity index (χ1v) is 6.29. The second-order valence-electron chi connectivity index (χ2n) is 4.78. The molecule has 8 heteroatoms. The highest BCUT2D eigenvalue weighted by Gasteiger charge is 2.20. The summed E-state index contributed by atoms with van der Waals surface area (Å²) in [4.78, 5) is 24.2. The lowest BCUT2D eigenvalue weighted by Gasteiger charge is -2.18. The minimum Gasteiger partial charge on any atom is -0.397 e. The Bertz CT molecular complexity index is 534. The Morgan fingerprint density at radius 3 is 2.65 bits per heavy atom. The number of nitro groups is 1. The number of rotatable bonds is 5. The molecule has 0 saturated heterocycles. The van der Waals surface area contributed by atoms with Crippen molar-refractivity contribution in [3.63, 3.8) is 0 Å². The predicted molar refractivity (Wildman–Crippen MR) is 78.0 cm³/mol. The Hall–Kier alpha value is -1.86. The van der Waals surface area contributed by atoms with Crippen LogP contribution in [-0.4, -0.2) is 42.4 Å². The molecule has 7 nitrogen and oxygen atoms in total. The molecular weight excluding hydrogens is 284 g/mol. The first-order valence-electron chi connectivity index (χ1n) is 5.91. The summed E-state index contributed by atoms with van der Waals surface area (Å²) in [6, 6.07) is 2.12. The Kier molecular flexibility index (Phi) is 5.29. The van der Waals surface area contributed by atoms with Crippen LogP contribution in [0.25, 0.3) is 0 Å². The van der Waals surface area contributed by atoms with E-state index in [0.29, 0.717) is 6.54 Å². The molecule has 0 aliphatic carbocycles. The van der Waals surface area contributed by atoms with Crippen molar-refractivity contribution in [3.8, 4) is 0 Å². The van der Waals surface area contributed by atoms with Crippen molar-refractivity contribution in [2.75, 3.05) is 26.4 Å². The van der Waals surface area contributed by atoms with Gasteiger partial charge >= 0.3 is 0 Å². The molecule has 0 heterocycles. The Balaban J connectivity index is 3.00. The van der Waals surface area contributed by atoms with Gasteiger partial charge in [-0.3, -0.25) is 14.9 Å². The lowest BCUT2D eigenvalue weighted by molar-refractivity contribution is -0.384. The first-order chi connectivity index (χ1) is 9.22. The average Bonchev–Trinajstić information content (AvgIpc) is 2.30. The average molecular weight is 301 g/mol. The van der Waals surface area contributed by atoms with Gasteiger partial charge in [0.25, 0.3) is 11.6 Å². The third-order valence-electron chi connectivity index (χ3n) is 2.59. The quantitative estimate of drug-likeness (QED) is 0.487. The maximum absolute atomic E-state index is 12.1. The van der Waals surface area contributed by atoms with E-state index in [2.05, 4.69) is 5.32 Å². The van der Waals surface area contributed by atoms with Gasteiger partial charge < -0.3 is 16.0 Å². The fourth-order valence-electron chi connectivity index (χ4n) is 1.79. The van der Waals surface area contributed by atoms with Gasteiger partial charge in [0.1, 0.15) is 0 Å². The van der Waals surface area contributed by atoms with Crippen LogP contribution in [-0.2, 0) is 0 Å². The summed E-state index contributed by atoms with van der Waals surface area (Å²) in [5, 5.41) is 13.5. The number of hydrogen-bond acceptors (Lipinski definition) is 5. The van der Waals surface area contributed by atoms with Crippen molar-refractivity contribution in [2.45, 2.75) is 13.0 Å². The highest BCUT2D eigenvalue weighted by atomic mass is 35.5. The largest absolute Gasteiger partial charge is 0.397 e. The molecule has 20 heavy (non-hydrogen) atoms. The Morgan fingerprint density at radius 1 is 1.55 bits per heavy atom. The molecule has 3 N–H and O–H groups in total. The number of carbonyl (C=O) groups excluding carboxylic acids is 1. The normalized spacial score (nSPS) is 12.2. The fourth-order valence-corrected chi connectivity index (χ4v) is 2.01. The molecule has 0 bridgehead atoms. The van der Waals surface area contributed by atoms with Gasteiger partial charge in [0.2, 0.25) is 0 Å². The number of likely N-dealkylation sites (N-methyl/N-ethyl adjacent to an activating group) is 1. The summed E-state index contributed by atoms with van der Waals surface area (Å²) in [6.45, 7) is 2.46. The van der Waals surface area contributed by atoms with Crippen molar-refractivity contribution in [1.29, 1.82) is 0 Å². The summed E-state index contributed by atoms with van der Waals surface area (Å²) in [7, 11) is 3.75. The molecule has 1 aromatic carbocycles. The summed E-state index contributed by atoms with van der Waals surface area (Å²) < 4.78 is 0. The number of hydrogen-bond donors (Lipinski definition) is 2. The van der Waals surface area contributed by atoms with Crippen molar-refractivity contribution in [3.05, 3.63) is 32.8 Å². The number of nitro benzene ring substituents is 1. The second-order valence-corrected chi connectivity index (χ2v) is 5.19. The van der Waals surface area contributed by atoms with Crippen LogP contribution < -0.4 is 11.1 Å². The third-order valence-corrected chi connectivity index (χ3v) is 2.90. The van der Waals surface area contributed by atoms with E-state index in [1.165, 1.54) is 0 Å². The van der Waals surface area contributed by atoms with Crippen molar-refractivity contribution in [1.82, 2.24) is 10.2 Å². The number of non-ortho nitro benzene ring substituents is 1. The molecule has 1 amide bonds. The summed E-state index contributed by atoms with van der Waals surface area (Å²) in [6.07, 6.45) is 0. The molecule has 0 radical (unpaired) electrons. The highest BCUT2D eigenvalue weighted by molar-refractivity contribution is 6.34. The van der Waals surface area contributed by atoms with Gasteiger partial charge in [-0.15, -0.1) is 0 Å². The smallest absolute Gasteiger partial charge is 0.271 e. The number of nitrogens with zero attached hydrogens (tertiary/aromatic N) is 2. The van der Waals surface area contributed by atoms with Crippen LogP contribution in [0.3, 0.4) is 0 Å². The molecule has 110 valence electrons. The van der Waals surface area contributed by atoms with E-state index in [1.807, 2.05) is 25.9 Å². The van der Waals surface area contributed by atoms with Gasteiger partial charge in [0.15, 0.2) is 0 Å². The number of amides is 1. The maximum Gasteiger partial charge on any atom is 0.271 e. The predicted octanol–water partition coefficient (Wildman–Crippen LogP) is 1.51. The molecule has 0 fully saturated rings. The molecule has 1 atom stereocenters.